The molecule has 0 bridgehead atoms. The quantitative estimate of drug-likeness (QED) is 0.0893. The van der Waals surface area contributed by atoms with Crippen molar-refractivity contribution in [2.24, 2.45) is 0 Å². The molecule has 0 aliphatic rings. The van der Waals surface area contributed by atoms with Crippen molar-refractivity contribution in [2.75, 3.05) is 37.9 Å². The van der Waals surface area contributed by atoms with Crippen LogP contribution < -0.4 is 10.6 Å². The third kappa shape index (κ3) is 17.6. The molecule has 2 aromatic rings. The van der Waals surface area contributed by atoms with Crippen LogP contribution in [0, 0.1) is 0 Å². The van der Waals surface area contributed by atoms with Gasteiger partial charge in [-0.2, -0.15) is 0 Å². The van der Waals surface area contributed by atoms with E-state index in [1.807, 2.05) is 36.4 Å². The minimum absolute atomic E-state index is 0.0607. The average molecular weight is 599 g/mol. The van der Waals surface area contributed by atoms with E-state index in [0.29, 0.717) is 31.6 Å². The molecule has 9 nitrogen and oxygen atoms in total. The van der Waals surface area contributed by atoms with Gasteiger partial charge in [0.15, 0.2) is 0 Å². The second-order valence-corrected chi connectivity index (χ2v) is 12.6. The molecule has 2 aromatic heterocycles. The minimum Gasteiger partial charge on any atom is -0.428 e. The van der Waals surface area contributed by atoms with Crippen molar-refractivity contribution in [3.8, 4) is 0 Å². The predicted octanol–water partition coefficient (Wildman–Crippen LogP) is 4.75. The highest BCUT2D eigenvalue weighted by molar-refractivity contribution is 8.77. The fourth-order valence-electron chi connectivity index (χ4n) is 2.72. The van der Waals surface area contributed by atoms with Crippen molar-refractivity contribution in [3.63, 3.8) is 0 Å². The van der Waals surface area contributed by atoms with Crippen molar-refractivity contribution >= 4 is 61.0 Å². The van der Waals surface area contributed by atoms with E-state index < -0.39 is 11.9 Å². The fraction of sp³-hybridized carbons (Fsp3) is 0.480. The van der Waals surface area contributed by atoms with Gasteiger partial charge in [-0.05, 0) is 78.2 Å². The normalized spacial score (nSPS) is 10.6. The molecule has 0 fully saturated rings. The van der Waals surface area contributed by atoms with E-state index in [1.54, 1.807) is 44.8 Å². The summed E-state index contributed by atoms with van der Waals surface area (Å²) in [6.45, 7) is 1.61. The molecule has 2 rings (SSSR count). The van der Waals surface area contributed by atoms with Crippen LogP contribution >= 0.6 is 43.2 Å². The molecule has 0 aliphatic carbocycles. The number of aromatic nitrogens is 2. The van der Waals surface area contributed by atoms with Crippen LogP contribution in [-0.2, 0) is 23.9 Å². The Morgan fingerprint density at radius 3 is 1.89 bits per heavy atom. The molecule has 2 N–H and O–H groups in total. The van der Waals surface area contributed by atoms with Gasteiger partial charge in [0, 0.05) is 49.7 Å². The lowest BCUT2D eigenvalue weighted by atomic mass is 10.3. The van der Waals surface area contributed by atoms with Crippen LogP contribution in [-0.4, -0.2) is 65.7 Å². The Morgan fingerprint density at radius 1 is 0.711 bits per heavy atom. The van der Waals surface area contributed by atoms with Crippen molar-refractivity contribution in [3.05, 3.63) is 48.8 Å². The van der Waals surface area contributed by atoms with E-state index in [1.165, 1.54) is 10.8 Å². The topological polar surface area (TPSA) is 120 Å². The number of ether oxygens (including phenoxy) is 2. The molecule has 0 radical (unpaired) electrons. The van der Waals surface area contributed by atoms with Crippen molar-refractivity contribution in [1.82, 2.24) is 20.6 Å². The van der Waals surface area contributed by atoms with Gasteiger partial charge in [0.1, 0.15) is 10.1 Å². The molecule has 0 aromatic carbocycles. The Balaban J connectivity index is 1.32. The Kier molecular flexibility index (Phi) is 18.6. The smallest absolute Gasteiger partial charge is 0.308 e. The van der Waals surface area contributed by atoms with E-state index in [9.17, 15) is 14.4 Å². The third-order valence-electron chi connectivity index (χ3n) is 4.61. The molecule has 2 heterocycles. The summed E-state index contributed by atoms with van der Waals surface area (Å²) in [6.07, 6.45) is 6.47. The van der Waals surface area contributed by atoms with Gasteiger partial charge in [-0.15, -0.1) is 0 Å². The first-order chi connectivity index (χ1) is 18.6. The van der Waals surface area contributed by atoms with E-state index in [4.69, 9.17) is 9.47 Å². The highest BCUT2D eigenvalue weighted by Gasteiger charge is 2.07. The van der Waals surface area contributed by atoms with Crippen molar-refractivity contribution < 1.29 is 23.9 Å². The van der Waals surface area contributed by atoms with Gasteiger partial charge in [-0.3, -0.25) is 14.4 Å². The summed E-state index contributed by atoms with van der Waals surface area (Å²) in [6, 6.07) is 11.6. The zero-order valence-corrected chi connectivity index (χ0v) is 24.4. The lowest BCUT2D eigenvalue weighted by Crippen LogP contribution is -2.25. The molecule has 0 spiro atoms. The van der Waals surface area contributed by atoms with E-state index >= 15 is 0 Å². The highest BCUT2D eigenvalue weighted by atomic mass is 33.1. The van der Waals surface area contributed by atoms with Gasteiger partial charge >= 0.3 is 11.9 Å². The largest absolute Gasteiger partial charge is 0.428 e. The monoisotopic (exact) mass is 598 g/mol. The number of nitrogens with zero attached hydrogens (tertiary/aromatic N) is 2. The summed E-state index contributed by atoms with van der Waals surface area (Å²) < 4.78 is 9.87. The summed E-state index contributed by atoms with van der Waals surface area (Å²) in [5.41, 5.74) is 0. The maximum absolute atomic E-state index is 11.9. The zero-order valence-electron chi connectivity index (χ0n) is 21.2. The molecule has 13 heteroatoms. The van der Waals surface area contributed by atoms with Gasteiger partial charge in [0.25, 0.3) is 0 Å². The predicted molar refractivity (Wildman–Crippen MR) is 156 cm³/mol. The number of pyridine rings is 2. The van der Waals surface area contributed by atoms with Gasteiger partial charge in [-0.25, -0.2) is 9.97 Å². The number of esters is 2. The van der Waals surface area contributed by atoms with Gasteiger partial charge in [0.05, 0.1) is 0 Å². The molecule has 0 saturated carbocycles. The van der Waals surface area contributed by atoms with Gasteiger partial charge in [0.2, 0.25) is 12.7 Å². The van der Waals surface area contributed by atoms with Crippen molar-refractivity contribution in [2.45, 2.75) is 48.6 Å². The second-order valence-electron chi connectivity index (χ2n) is 7.71. The number of carbonyl (C=O) groups is 3. The molecular formula is C25H34N4O5S4. The number of amides is 1. The zero-order chi connectivity index (χ0) is 27.1. The molecule has 208 valence electrons. The first kappa shape index (κ1) is 32.3. The van der Waals surface area contributed by atoms with Crippen LogP contribution in [0.5, 0.6) is 0 Å². The van der Waals surface area contributed by atoms with Crippen LogP contribution in [0.4, 0.5) is 0 Å². The number of hydrogen-bond donors (Lipinski definition) is 2. The van der Waals surface area contributed by atoms with E-state index in [0.717, 1.165) is 35.3 Å². The molecule has 38 heavy (non-hydrogen) atoms. The number of hydrogen-bond acceptors (Lipinski definition) is 12. The number of carbonyl (C=O) groups excluding carboxylic acids is 3. The lowest BCUT2D eigenvalue weighted by molar-refractivity contribution is -0.167. The van der Waals surface area contributed by atoms with Crippen LogP contribution in [0.25, 0.3) is 0 Å². The van der Waals surface area contributed by atoms with Crippen molar-refractivity contribution in [1.29, 1.82) is 0 Å². The Bertz CT molecular complexity index is 928. The van der Waals surface area contributed by atoms with E-state index in [2.05, 4.69) is 20.6 Å². The SMILES string of the molecule is O=C(CCSSc1ccccn1)NCCCC(=O)OCOC(=O)CCCNCCCSSc1ccccn1. The summed E-state index contributed by atoms with van der Waals surface area (Å²) in [7, 11) is 6.55. The van der Waals surface area contributed by atoms with Gasteiger partial charge < -0.3 is 20.1 Å². The number of rotatable bonds is 21. The summed E-state index contributed by atoms with van der Waals surface area (Å²) in [5, 5.41) is 8.01. The lowest BCUT2D eigenvalue weighted by Gasteiger charge is -2.08. The summed E-state index contributed by atoms with van der Waals surface area (Å²) in [5.74, 6) is 0.764. The highest BCUT2D eigenvalue weighted by Crippen LogP contribution is 2.29. The molecule has 1 amide bonds. The summed E-state index contributed by atoms with van der Waals surface area (Å²) in [4.78, 5) is 43.8. The molecule has 0 aliphatic heterocycles. The fourth-order valence-corrected chi connectivity index (χ4v) is 6.56. The second kappa shape index (κ2) is 21.9. The Labute approximate surface area is 240 Å². The Morgan fingerprint density at radius 2 is 1.29 bits per heavy atom. The van der Waals surface area contributed by atoms with Crippen LogP contribution in [0.2, 0.25) is 0 Å². The first-order valence-corrected chi connectivity index (χ1v) is 17.0. The number of nitrogens with one attached hydrogen (secondary N) is 2. The third-order valence-corrected chi connectivity index (χ3v) is 9.23. The van der Waals surface area contributed by atoms with Crippen LogP contribution in [0.3, 0.4) is 0 Å². The molecular weight excluding hydrogens is 565 g/mol. The van der Waals surface area contributed by atoms with E-state index in [-0.39, 0.29) is 25.5 Å². The van der Waals surface area contributed by atoms with Crippen LogP contribution in [0.1, 0.15) is 38.5 Å². The van der Waals surface area contributed by atoms with Gasteiger partial charge in [-0.1, -0.05) is 33.7 Å². The average Bonchev–Trinajstić information content (AvgIpc) is 2.93. The molecule has 0 saturated heterocycles. The molecule has 0 atom stereocenters. The maximum Gasteiger partial charge on any atom is 0.308 e. The standard InChI is InChI=1S/C25H34N4O5S4/c30-21(12-19-36-38-23-9-2-4-16-29-23)27-17-6-11-25(32)34-20-33-24(31)10-5-13-26-14-7-18-35-37-22-8-1-3-15-28-22/h1-4,8-9,15-16,26H,5-7,10-14,17-20H2,(H,27,30). The first-order valence-electron chi connectivity index (χ1n) is 12.3. The molecule has 0 unspecified atom stereocenters. The minimum atomic E-state index is -0.463. The summed E-state index contributed by atoms with van der Waals surface area (Å²) >= 11 is 0. The Hall–Kier alpha value is -1.93. The van der Waals surface area contributed by atoms with Crippen LogP contribution in [0.15, 0.2) is 58.8 Å². The maximum atomic E-state index is 11.9.